The fraction of sp³-hybridized carbons (Fsp3) is 0.769. The second-order valence-electron chi connectivity index (χ2n) is 4.26. The predicted octanol–water partition coefficient (Wildman–Crippen LogP) is 0.978. The van der Waals surface area contributed by atoms with Gasteiger partial charge in [0.25, 0.3) is 0 Å². The average molecular weight is 303 g/mol. The van der Waals surface area contributed by atoms with Crippen LogP contribution in [0.15, 0.2) is 5.38 Å². The first-order chi connectivity index (χ1) is 9.81. The van der Waals surface area contributed by atoms with Crippen molar-refractivity contribution in [3.8, 4) is 0 Å². The van der Waals surface area contributed by atoms with E-state index in [0.29, 0.717) is 19.8 Å². The van der Waals surface area contributed by atoms with Crippen LogP contribution in [0.2, 0.25) is 0 Å². The number of anilines is 1. The van der Waals surface area contributed by atoms with Gasteiger partial charge in [-0.05, 0) is 0 Å². The van der Waals surface area contributed by atoms with Gasteiger partial charge in [-0.15, -0.1) is 11.3 Å². The van der Waals surface area contributed by atoms with Gasteiger partial charge in [0.2, 0.25) is 0 Å². The monoisotopic (exact) mass is 303 g/mol. The third-order valence-corrected chi connectivity index (χ3v) is 3.68. The van der Waals surface area contributed by atoms with E-state index in [1.54, 1.807) is 32.7 Å². The van der Waals surface area contributed by atoms with Crippen molar-refractivity contribution in [1.29, 1.82) is 0 Å². The van der Waals surface area contributed by atoms with Gasteiger partial charge in [-0.25, -0.2) is 4.98 Å². The van der Waals surface area contributed by atoms with Gasteiger partial charge in [-0.3, -0.25) is 0 Å². The highest BCUT2D eigenvalue weighted by atomic mass is 32.1. The van der Waals surface area contributed by atoms with E-state index in [1.165, 1.54) is 0 Å². The summed E-state index contributed by atoms with van der Waals surface area (Å²) in [7, 11) is 5.12. The standard InChI is InChI=1S/C13H25N3O3S/c1-17-7-4-14-10-12-11-20-13(15-12)16(5-8-18-2)6-9-19-3/h11,14H,4-10H2,1-3H3. The van der Waals surface area contributed by atoms with Crippen LogP contribution in [-0.4, -0.2) is 65.8 Å². The second kappa shape index (κ2) is 11.0. The lowest BCUT2D eigenvalue weighted by Gasteiger charge is -2.20. The minimum Gasteiger partial charge on any atom is -0.383 e. The van der Waals surface area contributed by atoms with Gasteiger partial charge in [-0.1, -0.05) is 0 Å². The molecule has 1 aromatic rings. The molecule has 0 spiro atoms. The molecule has 116 valence electrons. The Morgan fingerprint density at radius 2 is 1.75 bits per heavy atom. The number of thiazole rings is 1. The maximum atomic E-state index is 5.14. The Balaban J connectivity index is 2.46. The molecule has 0 aliphatic heterocycles. The summed E-state index contributed by atoms with van der Waals surface area (Å²) >= 11 is 1.65. The Hall–Kier alpha value is -0.730. The summed E-state index contributed by atoms with van der Waals surface area (Å²) in [5, 5.41) is 6.39. The summed E-state index contributed by atoms with van der Waals surface area (Å²) in [4.78, 5) is 6.83. The molecule has 1 heterocycles. The van der Waals surface area contributed by atoms with Gasteiger partial charge in [0, 0.05) is 52.9 Å². The van der Waals surface area contributed by atoms with Crippen molar-refractivity contribution in [3.63, 3.8) is 0 Å². The van der Waals surface area contributed by atoms with E-state index < -0.39 is 0 Å². The number of ether oxygens (including phenoxy) is 3. The van der Waals surface area contributed by atoms with Gasteiger partial charge < -0.3 is 24.4 Å². The molecule has 0 aliphatic carbocycles. The number of nitrogens with one attached hydrogen (secondary N) is 1. The lowest BCUT2D eigenvalue weighted by Crippen LogP contribution is -2.30. The fourth-order valence-corrected chi connectivity index (χ4v) is 2.50. The Kier molecular flexibility index (Phi) is 9.52. The molecule has 0 atom stereocenters. The van der Waals surface area contributed by atoms with Crippen LogP contribution in [0.1, 0.15) is 5.69 Å². The van der Waals surface area contributed by atoms with Crippen molar-refractivity contribution in [3.05, 3.63) is 11.1 Å². The molecule has 0 bridgehead atoms. The van der Waals surface area contributed by atoms with Crippen molar-refractivity contribution in [1.82, 2.24) is 10.3 Å². The molecule has 0 amide bonds. The van der Waals surface area contributed by atoms with Crippen LogP contribution in [-0.2, 0) is 20.8 Å². The zero-order chi connectivity index (χ0) is 14.6. The summed E-state index contributed by atoms with van der Waals surface area (Å²) < 4.78 is 15.3. The molecule has 0 saturated heterocycles. The first-order valence-electron chi connectivity index (χ1n) is 6.68. The van der Waals surface area contributed by atoms with Crippen LogP contribution in [0.4, 0.5) is 5.13 Å². The minimum absolute atomic E-state index is 0.685. The largest absolute Gasteiger partial charge is 0.383 e. The lowest BCUT2D eigenvalue weighted by atomic mass is 10.4. The van der Waals surface area contributed by atoms with E-state index in [2.05, 4.69) is 20.6 Å². The maximum absolute atomic E-state index is 5.14. The van der Waals surface area contributed by atoms with Crippen LogP contribution in [0.25, 0.3) is 0 Å². The molecule has 0 fully saturated rings. The highest BCUT2D eigenvalue weighted by molar-refractivity contribution is 7.13. The summed E-state index contributed by atoms with van der Waals surface area (Å²) in [6.45, 7) is 5.33. The topological polar surface area (TPSA) is 55.9 Å². The van der Waals surface area contributed by atoms with E-state index in [9.17, 15) is 0 Å². The predicted molar refractivity (Wildman–Crippen MR) is 81.7 cm³/mol. The normalized spacial score (nSPS) is 10.9. The van der Waals surface area contributed by atoms with Gasteiger partial charge in [0.1, 0.15) is 0 Å². The molecular weight excluding hydrogens is 278 g/mol. The number of hydrogen-bond acceptors (Lipinski definition) is 7. The molecule has 0 aromatic carbocycles. The van der Waals surface area contributed by atoms with Gasteiger partial charge in [-0.2, -0.15) is 0 Å². The van der Waals surface area contributed by atoms with E-state index >= 15 is 0 Å². The van der Waals surface area contributed by atoms with Crippen molar-refractivity contribution >= 4 is 16.5 Å². The number of methoxy groups -OCH3 is 3. The molecule has 20 heavy (non-hydrogen) atoms. The van der Waals surface area contributed by atoms with Gasteiger partial charge in [0.15, 0.2) is 5.13 Å². The molecule has 0 unspecified atom stereocenters. The van der Waals surface area contributed by atoms with E-state index in [4.69, 9.17) is 14.2 Å². The highest BCUT2D eigenvalue weighted by Gasteiger charge is 2.10. The third-order valence-electron chi connectivity index (χ3n) is 2.73. The maximum Gasteiger partial charge on any atom is 0.185 e. The smallest absolute Gasteiger partial charge is 0.185 e. The molecule has 0 aliphatic rings. The van der Waals surface area contributed by atoms with Gasteiger partial charge >= 0.3 is 0 Å². The minimum atomic E-state index is 0.685. The Labute approximate surface area is 125 Å². The zero-order valence-corrected chi connectivity index (χ0v) is 13.4. The highest BCUT2D eigenvalue weighted by Crippen LogP contribution is 2.20. The summed E-state index contributed by atoms with van der Waals surface area (Å²) in [6.07, 6.45) is 0. The Morgan fingerprint density at radius 3 is 2.35 bits per heavy atom. The molecule has 1 N–H and O–H groups in total. The molecule has 7 heteroatoms. The first kappa shape index (κ1) is 17.3. The summed E-state index contributed by atoms with van der Waals surface area (Å²) in [5.41, 5.74) is 1.06. The number of hydrogen-bond donors (Lipinski definition) is 1. The average Bonchev–Trinajstić information content (AvgIpc) is 2.92. The molecule has 1 aromatic heterocycles. The zero-order valence-electron chi connectivity index (χ0n) is 12.6. The second-order valence-corrected chi connectivity index (χ2v) is 5.10. The van der Waals surface area contributed by atoms with Crippen LogP contribution < -0.4 is 10.2 Å². The number of nitrogens with zero attached hydrogens (tertiary/aromatic N) is 2. The quantitative estimate of drug-likeness (QED) is 0.581. The summed E-state index contributed by atoms with van der Waals surface area (Å²) in [6, 6.07) is 0. The van der Waals surface area contributed by atoms with Crippen LogP contribution in [0, 0.1) is 0 Å². The summed E-state index contributed by atoms with van der Waals surface area (Å²) in [5.74, 6) is 0. The van der Waals surface area contributed by atoms with E-state index in [1.807, 2.05) is 0 Å². The molecule has 1 rings (SSSR count). The van der Waals surface area contributed by atoms with Crippen molar-refractivity contribution in [2.24, 2.45) is 0 Å². The molecule has 0 saturated carbocycles. The van der Waals surface area contributed by atoms with Crippen molar-refractivity contribution < 1.29 is 14.2 Å². The fourth-order valence-electron chi connectivity index (χ4n) is 1.62. The van der Waals surface area contributed by atoms with E-state index in [0.717, 1.165) is 37.0 Å². The Morgan fingerprint density at radius 1 is 1.10 bits per heavy atom. The van der Waals surface area contributed by atoms with Crippen molar-refractivity contribution in [2.75, 3.05) is 65.7 Å². The molecule has 6 nitrogen and oxygen atoms in total. The van der Waals surface area contributed by atoms with Crippen LogP contribution >= 0.6 is 11.3 Å². The van der Waals surface area contributed by atoms with Crippen LogP contribution in [0.5, 0.6) is 0 Å². The van der Waals surface area contributed by atoms with E-state index in [-0.39, 0.29) is 0 Å². The van der Waals surface area contributed by atoms with Crippen LogP contribution in [0.3, 0.4) is 0 Å². The molecular formula is C13H25N3O3S. The van der Waals surface area contributed by atoms with Gasteiger partial charge in [0.05, 0.1) is 25.5 Å². The SMILES string of the molecule is COCCNCc1csc(N(CCOC)CCOC)n1. The Bertz CT molecular complexity index is 341. The third kappa shape index (κ3) is 6.62. The number of rotatable bonds is 12. The first-order valence-corrected chi connectivity index (χ1v) is 7.56. The number of aromatic nitrogens is 1. The lowest BCUT2D eigenvalue weighted by molar-refractivity contribution is 0.190. The molecule has 0 radical (unpaired) electrons. The van der Waals surface area contributed by atoms with Crippen molar-refractivity contribution in [2.45, 2.75) is 6.54 Å².